The smallest absolute Gasteiger partial charge is 0.226 e. The SMILES string of the molecule is CC1(C)COCCN1C(=O)C1[C@H]2CCCC[C@H]12. The summed E-state index contributed by atoms with van der Waals surface area (Å²) in [5.74, 6) is 2.20. The Morgan fingerprint density at radius 3 is 2.47 bits per heavy atom. The molecule has 1 amide bonds. The fourth-order valence-electron chi connectivity index (χ4n) is 3.81. The third kappa shape index (κ3) is 1.88. The minimum Gasteiger partial charge on any atom is -0.377 e. The van der Waals surface area contributed by atoms with E-state index in [0.717, 1.165) is 18.4 Å². The average Bonchev–Trinajstić information content (AvgIpc) is 3.01. The van der Waals surface area contributed by atoms with Crippen molar-refractivity contribution in [2.24, 2.45) is 17.8 Å². The Morgan fingerprint density at radius 2 is 1.88 bits per heavy atom. The van der Waals surface area contributed by atoms with Crippen LogP contribution in [0.2, 0.25) is 0 Å². The Labute approximate surface area is 104 Å². The number of carbonyl (C=O) groups is 1. The van der Waals surface area contributed by atoms with Gasteiger partial charge >= 0.3 is 0 Å². The molecule has 1 heterocycles. The first-order valence-electron chi connectivity index (χ1n) is 7.00. The number of hydrogen-bond donors (Lipinski definition) is 0. The van der Waals surface area contributed by atoms with Gasteiger partial charge in [0.15, 0.2) is 0 Å². The van der Waals surface area contributed by atoms with E-state index in [9.17, 15) is 4.79 Å². The van der Waals surface area contributed by atoms with Crippen molar-refractivity contribution in [2.45, 2.75) is 45.1 Å². The zero-order chi connectivity index (χ0) is 12.0. The molecule has 0 radical (unpaired) electrons. The summed E-state index contributed by atoms with van der Waals surface area (Å²) in [4.78, 5) is 14.7. The van der Waals surface area contributed by atoms with Crippen LogP contribution in [0.4, 0.5) is 0 Å². The first kappa shape index (κ1) is 11.5. The molecule has 0 aromatic carbocycles. The second-order valence-electron chi connectivity index (χ2n) is 6.49. The third-order valence-corrected chi connectivity index (χ3v) is 4.85. The normalized spacial score (nSPS) is 39.6. The van der Waals surface area contributed by atoms with Gasteiger partial charge in [-0.2, -0.15) is 0 Å². The number of nitrogens with zero attached hydrogens (tertiary/aromatic N) is 1. The van der Waals surface area contributed by atoms with Crippen LogP contribution in [-0.2, 0) is 9.53 Å². The molecule has 0 spiro atoms. The maximum Gasteiger partial charge on any atom is 0.226 e. The van der Waals surface area contributed by atoms with Gasteiger partial charge in [0.25, 0.3) is 0 Å². The Bertz CT molecular complexity index is 314. The molecule has 0 aromatic heterocycles. The highest BCUT2D eigenvalue weighted by atomic mass is 16.5. The molecule has 17 heavy (non-hydrogen) atoms. The van der Waals surface area contributed by atoms with Crippen LogP contribution in [0.15, 0.2) is 0 Å². The number of carbonyl (C=O) groups excluding carboxylic acids is 1. The molecule has 1 saturated heterocycles. The standard InChI is InChI=1S/C14H23NO2/c1-14(2)9-17-8-7-15(14)13(16)12-10-5-3-4-6-11(10)12/h10-12H,3-9H2,1-2H3/t10-,11-/m0/s1. The summed E-state index contributed by atoms with van der Waals surface area (Å²) in [7, 11) is 0. The predicted octanol–water partition coefficient (Wildman–Crippen LogP) is 2.06. The van der Waals surface area contributed by atoms with E-state index < -0.39 is 0 Å². The molecule has 3 aliphatic rings. The topological polar surface area (TPSA) is 29.5 Å². The maximum absolute atomic E-state index is 12.6. The average molecular weight is 237 g/mol. The van der Waals surface area contributed by atoms with Crippen LogP contribution in [0.3, 0.4) is 0 Å². The lowest BCUT2D eigenvalue weighted by Gasteiger charge is -2.42. The summed E-state index contributed by atoms with van der Waals surface area (Å²) in [5.41, 5.74) is -0.110. The van der Waals surface area contributed by atoms with Gasteiger partial charge in [-0.15, -0.1) is 0 Å². The molecule has 3 heteroatoms. The van der Waals surface area contributed by atoms with Crippen LogP contribution >= 0.6 is 0 Å². The van der Waals surface area contributed by atoms with Gasteiger partial charge in [0.1, 0.15) is 0 Å². The van der Waals surface area contributed by atoms with E-state index in [1.807, 2.05) is 0 Å². The molecule has 96 valence electrons. The molecule has 0 unspecified atom stereocenters. The van der Waals surface area contributed by atoms with E-state index >= 15 is 0 Å². The molecule has 0 N–H and O–H groups in total. The zero-order valence-electron chi connectivity index (χ0n) is 10.9. The first-order valence-corrected chi connectivity index (χ1v) is 7.00. The van der Waals surface area contributed by atoms with Gasteiger partial charge in [0.05, 0.1) is 18.8 Å². The van der Waals surface area contributed by atoms with Gasteiger partial charge in [0.2, 0.25) is 5.91 Å². The second kappa shape index (κ2) is 3.98. The van der Waals surface area contributed by atoms with Gasteiger partial charge in [-0.3, -0.25) is 4.79 Å². The summed E-state index contributed by atoms with van der Waals surface area (Å²) < 4.78 is 5.49. The van der Waals surface area contributed by atoms with E-state index in [4.69, 9.17) is 4.74 Å². The van der Waals surface area contributed by atoms with Gasteiger partial charge in [-0.25, -0.2) is 0 Å². The maximum atomic E-state index is 12.6. The Hall–Kier alpha value is -0.570. The Balaban J connectivity index is 1.70. The first-order chi connectivity index (χ1) is 8.11. The van der Waals surface area contributed by atoms with Crippen LogP contribution in [0.1, 0.15) is 39.5 Å². The molecule has 2 atom stereocenters. The molecule has 0 aromatic rings. The zero-order valence-corrected chi connectivity index (χ0v) is 10.9. The number of hydrogen-bond acceptors (Lipinski definition) is 2. The highest BCUT2D eigenvalue weighted by Crippen LogP contribution is 2.56. The van der Waals surface area contributed by atoms with Gasteiger partial charge in [0, 0.05) is 12.5 Å². The number of ether oxygens (including phenoxy) is 1. The molecule has 3 rings (SSSR count). The molecular weight excluding hydrogens is 214 g/mol. The van der Waals surface area contributed by atoms with Crippen molar-refractivity contribution in [2.75, 3.05) is 19.8 Å². The lowest BCUT2D eigenvalue weighted by molar-refractivity contribution is -0.148. The van der Waals surface area contributed by atoms with Gasteiger partial charge in [-0.05, 0) is 38.5 Å². The van der Waals surface area contributed by atoms with Gasteiger partial charge < -0.3 is 9.64 Å². The number of morpholine rings is 1. The Kier molecular flexibility index (Phi) is 2.69. The fourth-order valence-corrected chi connectivity index (χ4v) is 3.81. The van der Waals surface area contributed by atoms with E-state index in [-0.39, 0.29) is 5.54 Å². The molecule has 3 fully saturated rings. The number of rotatable bonds is 1. The third-order valence-electron chi connectivity index (χ3n) is 4.85. The number of fused-ring (bicyclic) bond motifs is 1. The molecule has 2 aliphatic carbocycles. The van der Waals surface area contributed by atoms with Crippen LogP contribution in [-0.4, -0.2) is 36.1 Å². The van der Waals surface area contributed by atoms with E-state index in [1.165, 1.54) is 25.7 Å². The lowest BCUT2D eigenvalue weighted by Crippen LogP contribution is -2.56. The highest BCUT2D eigenvalue weighted by Gasteiger charge is 2.57. The van der Waals surface area contributed by atoms with Gasteiger partial charge in [-0.1, -0.05) is 12.8 Å². The van der Waals surface area contributed by atoms with Crippen LogP contribution in [0.25, 0.3) is 0 Å². The van der Waals surface area contributed by atoms with Crippen molar-refractivity contribution < 1.29 is 9.53 Å². The summed E-state index contributed by atoms with van der Waals surface area (Å²) in [6, 6.07) is 0. The van der Waals surface area contributed by atoms with Crippen molar-refractivity contribution in [1.82, 2.24) is 4.90 Å². The van der Waals surface area contributed by atoms with Crippen LogP contribution in [0, 0.1) is 17.8 Å². The van der Waals surface area contributed by atoms with Crippen molar-refractivity contribution in [1.29, 1.82) is 0 Å². The summed E-state index contributed by atoms with van der Waals surface area (Å²) in [6.45, 7) is 6.41. The summed E-state index contributed by atoms with van der Waals surface area (Å²) >= 11 is 0. The second-order valence-corrected chi connectivity index (χ2v) is 6.49. The van der Waals surface area contributed by atoms with E-state index in [0.29, 0.717) is 25.0 Å². The fraction of sp³-hybridized carbons (Fsp3) is 0.929. The van der Waals surface area contributed by atoms with Crippen LogP contribution in [0.5, 0.6) is 0 Å². The minimum atomic E-state index is -0.110. The molecule has 1 aliphatic heterocycles. The summed E-state index contributed by atoms with van der Waals surface area (Å²) in [6.07, 6.45) is 5.23. The highest BCUT2D eigenvalue weighted by molar-refractivity contribution is 5.83. The van der Waals surface area contributed by atoms with E-state index in [1.54, 1.807) is 0 Å². The van der Waals surface area contributed by atoms with Crippen molar-refractivity contribution >= 4 is 5.91 Å². The largest absolute Gasteiger partial charge is 0.377 e. The van der Waals surface area contributed by atoms with Crippen LogP contribution < -0.4 is 0 Å². The van der Waals surface area contributed by atoms with Crippen molar-refractivity contribution in [3.8, 4) is 0 Å². The quantitative estimate of drug-likeness (QED) is 0.698. The molecule has 0 bridgehead atoms. The molecule has 2 saturated carbocycles. The number of amides is 1. The lowest BCUT2D eigenvalue weighted by atomic mass is 10.0. The molecular formula is C14H23NO2. The minimum absolute atomic E-state index is 0.110. The van der Waals surface area contributed by atoms with Crippen molar-refractivity contribution in [3.63, 3.8) is 0 Å². The monoisotopic (exact) mass is 237 g/mol. The van der Waals surface area contributed by atoms with E-state index in [2.05, 4.69) is 18.7 Å². The predicted molar refractivity (Wildman–Crippen MR) is 65.5 cm³/mol. The summed E-state index contributed by atoms with van der Waals surface area (Å²) in [5, 5.41) is 0. The van der Waals surface area contributed by atoms with Crippen molar-refractivity contribution in [3.05, 3.63) is 0 Å². The Morgan fingerprint density at radius 1 is 1.24 bits per heavy atom. The molecule has 3 nitrogen and oxygen atoms in total.